The monoisotopic (exact) mass is 547 g/mol. The van der Waals surface area contributed by atoms with E-state index in [1.807, 2.05) is 60.8 Å². The molecule has 0 saturated carbocycles. The molecule has 1 saturated heterocycles. The standard InChI is InChI=1S/C30H37N5O5/c1-18(2)26(30(39)40)34-27(36)24(15-19-9-4-3-5-10-19)33-28(37)25-13-8-14-35(25)29(38)22(31)16-20-17-32-23-12-7-6-11-21(20)23/h3-7,9-12,17-18,22,24-26,32H,8,13-16,31H2,1-2H3,(H,33,37)(H,34,36)(H,39,40). The number of nitrogens with one attached hydrogen (secondary N) is 3. The number of rotatable bonds is 11. The van der Waals surface area contributed by atoms with E-state index in [1.165, 1.54) is 4.90 Å². The number of nitrogens with zero attached hydrogens (tertiary/aromatic N) is 1. The third kappa shape index (κ3) is 6.69. The van der Waals surface area contributed by atoms with Crippen molar-refractivity contribution in [2.24, 2.45) is 11.7 Å². The van der Waals surface area contributed by atoms with Gasteiger partial charge in [-0.15, -0.1) is 0 Å². The van der Waals surface area contributed by atoms with E-state index in [1.54, 1.807) is 13.8 Å². The van der Waals surface area contributed by atoms with E-state index in [9.17, 15) is 24.3 Å². The van der Waals surface area contributed by atoms with Crippen molar-refractivity contribution in [2.45, 2.75) is 63.7 Å². The summed E-state index contributed by atoms with van der Waals surface area (Å²) < 4.78 is 0. The van der Waals surface area contributed by atoms with Crippen LogP contribution in [0.25, 0.3) is 10.9 Å². The molecule has 1 aliphatic heterocycles. The van der Waals surface area contributed by atoms with E-state index >= 15 is 0 Å². The number of carboxylic acid groups (broad SMARTS) is 1. The number of benzene rings is 2. The topological polar surface area (TPSA) is 158 Å². The molecule has 1 aromatic heterocycles. The molecule has 3 amide bonds. The Morgan fingerprint density at radius 3 is 2.42 bits per heavy atom. The number of likely N-dealkylation sites (tertiary alicyclic amines) is 1. The molecule has 10 nitrogen and oxygen atoms in total. The Hall–Kier alpha value is -4.18. The molecule has 4 rings (SSSR count). The zero-order valence-corrected chi connectivity index (χ0v) is 22.8. The first-order valence-electron chi connectivity index (χ1n) is 13.6. The van der Waals surface area contributed by atoms with Gasteiger partial charge in [-0.25, -0.2) is 4.79 Å². The molecule has 0 radical (unpaired) electrons. The van der Waals surface area contributed by atoms with Crippen LogP contribution in [0.2, 0.25) is 0 Å². The Kier molecular flexibility index (Phi) is 9.21. The normalized spacial score (nSPS) is 17.4. The summed E-state index contributed by atoms with van der Waals surface area (Å²) in [5.74, 6) is -2.87. The van der Waals surface area contributed by atoms with Crippen LogP contribution >= 0.6 is 0 Å². The second-order valence-corrected chi connectivity index (χ2v) is 10.7. The van der Waals surface area contributed by atoms with Crippen molar-refractivity contribution in [3.8, 4) is 0 Å². The zero-order chi connectivity index (χ0) is 28.8. The third-order valence-corrected chi connectivity index (χ3v) is 7.42. The lowest BCUT2D eigenvalue weighted by molar-refractivity contribution is -0.144. The van der Waals surface area contributed by atoms with E-state index in [0.717, 1.165) is 22.0 Å². The van der Waals surface area contributed by atoms with Crippen LogP contribution in [-0.4, -0.2) is 69.4 Å². The van der Waals surface area contributed by atoms with Crippen LogP contribution in [0.15, 0.2) is 60.8 Å². The van der Waals surface area contributed by atoms with E-state index in [0.29, 0.717) is 25.8 Å². The fourth-order valence-electron chi connectivity index (χ4n) is 5.24. The van der Waals surface area contributed by atoms with Crippen LogP contribution in [0.1, 0.15) is 37.8 Å². The van der Waals surface area contributed by atoms with Crippen LogP contribution < -0.4 is 16.4 Å². The number of para-hydroxylation sites is 1. The minimum Gasteiger partial charge on any atom is -0.480 e. The summed E-state index contributed by atoms with van der Waals surface area (Å²) in [4.78, 5) is 56.5. The molecule has 4 atom stereocenters. The fourth-order valence-corrected chi connectivity index (χ4v) is 5.24. The van der Waals surface area contributed by atoms with Gasteiger partial charge in [-0.3, -0.25) is 14.4 Å². The minimum atomic E-state index is -1.15. The van der Waals surface area contributed by atoms with E-state index in [2.05, 4.69) is 15.6 Å². The van der Waals surface area contributed by atoms with Crippen molar-refractivity contribution in [3.63, 3.8) is 0 Å². The van der Waals surface area contributed by atoms with E-state index in [4.69, 9.17) is 5.73 Å². The molecule has 1 fully saturated rings. The summed E-state index contributed by atoms with van der Waals surface area (Å²) in [5.41, 5.74) is 9.04. The molecule has 0 bridgehead atoms. The molecule has 10 heteroatoms. The Morgan fingerprint density at radius 2 is 1.73 bits per heavy atom. The van der Waals surface area contributed by atoms with Crippen LogP contribution in [-0.2, 0) is 32.0 Å². The van der Waals surface area contributed by atoms with Crippen LogP contribution in [0.4, 0.5) is 0 Å². The van der Waals surface area contributed by atoms with Crippen molar-refractivity contribution in [3.05, 3.63) is 71.9 Å². The van der Waals surface area contributed by atoms with Crippen molar-refractivity contribution in [1.82, 2.24) is 20.5 Å². The van der Waals surface area contributed by atoms with Gasteiger partial charge in [0.1, 0.15) is 18.1 Å². The maximum absolute atomic E-state index is 13.5. The Labute approximate surface area is 233 Å². The number of nitrogens with two attached hydrogens (primary N) is 1. The number of aromatic amines is 1. The molecule has 1 aliphatic rings. The van der Waals surface area contributed by atoms with Crippen molar-refractivity contribution < 1.29 is 24.3 Å². The molecule has 212 valence electrons. The molecule has 0 spiro atoms. The molecular weight excluding hydrogens is 510 g/mol. The van der Waals surface area contributed by atoms with Gasteiger partial charge in [0.2, 0.25) is 17.7 Å². The van der Waals surface area contributed by atoms with E-state index in [-0.39, 0.29) is 18.2 Å². The molecule has 0 aliphatic carbocycles. The van der Waals surface area contributed by atoms with Crippen molar-refractivity contribution in [1.29, 1.82) is 0 Å². The number of hydrogen-bond acceptors (Lipinski definition) is 5. The molecule has 4 unspecified atom stereocenters. The number of carboxylic acids is 1. The fraction of sp³-hybridized carbons (Fsp3) is 0.400. The summed E-state index contributed by atoms with van der Waals surface area (Å²) in [6, 6.07) is 13.2. The lowest BCUT2D eigenvalue weighted by Crippen LogP contribution is -2.57. The number of hydrogen-bond donors (Lipinski definition) is 5. The molecule has 2 heterocycles. The lowest BCUT2D eigenvalue weighted by atomic mass is 10.0. The first-order valence-corrected chi connectivity index (χ1v) is 13.6. The van der Waals surface area contributed by atoms with Gasteiger partial charge in [0, 0.05) is 30.1 Å². The smallest absolute Gasteiger partial charge is 0.326 e. The summed E-state index contributed by atoms with van der Waals surface area (Å²) in [6.45, 7) is 3.79. The van der Waals surface area contributed by atoms with Gasteiger partial charge in [0.15, 0.2) is 0 Å². The van der Waals surface area contributed by atoms with Gasteiger partial charge in [-0.1, -0.05) is 62.4 Å². The molecule has 2 aromatic carbocycles. The van der Waals surface area contributed by atoms with Crippen LogP contribution in [0, 0.1) is 5.92 Å². The third-order valence-electron chi connectivity index (χ3n) is 7.42. The average molecular weight is 548 g/mol. The van der Waals surface area contributed by atoms with Gasteiger partial charge < -0.3 is 31.4 Å². The average Bonchev–Trinajstić information content (AvgIpc) is 3.59. The first kappa shape index (κ1) is 28.8. The van der Waals surface area contributed by atoms with Gasteiger partial charge >= 0.3 is 5.97 Å². The highest BCUT2D eigenvalue weighted by Gasteiger charge is 2.38. The maximum Gasteiger partial charge on any atom is 0.326 e. The second kappa shape index (κ2) is 12.8. The summed E-state index contributed by atoms with van der Waals surface area (Å²) in [6.07, 6.45) is 3.41. The zero-order valence-electron chi connectivity index (χ0n) is 22.8. The quantitative estimate of drug-likeness (QED) is 0.247. The summed E-state index contributed by atoms with van der Waals surface area (Å²) in [7, 11) is 0. The highest BCUT2D eigenvalue weighted by molar-refractivity contribution is 5.95. The SMILES string of the molecule is CC(C)C(NC(=O)C(Cc1ccccc1)NC(=O)C1CCCN1C(=O)C(N)Cc1c[nH]c2ccccc12)C(=O)O. The highest BCUT2D eigenvalue weighted by atomic mass is 16.4. The number of amides is 3. The summed E-state index contributed by atoms with van der Waals surface area (Å²) in [5, 5.41) is 15.9. The lowest BCUT2D eigenvalue weighted by Gasteiger charge is -2.29. The number of aromatic nitrogens is 1. The molecule has 3 aromatic rings. The van der Waals surface area contributed by atoms with E-state index < -0.39 is 42.0 Å². The number of carbonyl (C=O) groups excluding carboxylic acids is 3. The van der Waals surface area contributed by atoms with Crippen molar-refractivity contribution >= 4 is 34.6 Å². The van der Waals surface area contributed by atoms with Gasteiger partial charge in [0.25, 0.3) is 0 Å². The van der Waals surface area contributed by atoms with Gasteiger partial charge in [-0.2, -0.15) is 0 Å². The number of carbonyl (C=O) groups is 4. The predicted molar refractivity (Wildman–Crippen MR) is 151 cm³/mol. The number of H-pyrrole nitrogens is 1. The Morgan fingerprint density at radius 1 is 1.02 bits per heavy atom. The number of fused-ring (bicyclic) bond motifs is 1. The molecule has 40 heavy (non-hydrogen) atoms. The van der Waals surface area contributed by atoms with Gasteiger partial charge in [-0.05, 0) is 42.4 Å². The Balaban J connectivity index is 1.47. The van der Waals surface area contributed by atoms with Crippen molar-refractivity contribution in [2.75, 3.05) is 6.54 Å². The molecular formula is C30H37N5O5. The Bertz CT molecular complexity index is 1350. The predicted octanol–water partition coefficient (Wildman–Crippen LogP) is 1.98. The maximum atomic E-state index is 13.5. The largest absolute Gasteiger partial charge is 0.480 e. The second-order valence-electron chi connectivity index (χ2n) is 10.7. The summed E-state index contributed by atoms with van der Waals surface area (Å²) >= 11 is 0. The minimum absolute atomic E-state index is 0.170. The van der Waals surface area contributed by atoms with Crippen LogP contribution in [0.3, 0.4) is 0 Å². The highest BCUT2D eigenvalue weighted by Crippen LogP contribution is 2.22. The molecule has 6 N–H and O–H groups in total. The first-order chi connectivity index (χ1) is 19.2. The van der Waals surface area contributed by atoms with Crippen LogP contribution in [0.5, 0.6) is 0 Å². The number of aliphatic carboxylic acids is 1. The van der Waals surface area contributed by atoms with Gasteiger partial charge in [0.05, 0.1) is 6.04 Å².